The summed E-state index contributed by atoms with van der Waals surface area (Å²) in [6, 6.07) is 11.4. The highest BCUT2D eigenvalue weighted by Gasteiger charge is 2.28. The van der Waals surface area contributed by atoms with Crippen LogP contribution in [0.5, 0.6) is 5.75 Å². The van der Waals surface area contributed by atoms with Gasteiger partial charge in [-0.05, 0) is 91.5 Å². The summed E-state index contributed by atoms with van der Waals surface area (Å²) in [4.78, 5) is 4.77. The molecule has 5 heteroatoms. The molecule has 0 atom stereocenters. The van der Waals surface area contributed by atoms with E-state index >= 15 is 0 Å². The Kier molecular flexibility index (Phi) is 6.09. The first-order valence-electron chi connectivity index (χ1n) is 11.4. The van der Waals surface area contributed by atoms with Gasteiger partial charge in [-0.3, -0.25) is 0 Å². The molecule has 0 aromatic heterocycles. The zero-order valence-corrected chi connectivity index (χ0v) is 18.9. The van der Waals surface area contributed by atoms with Gasteiger partial charge in [-0.1, -0.05) is 23.4 Å². The first kappa shape index (κ1) is 21.0. The molecule has 1 saturated heterocycles. The second-order valence-corrected chi connectivity index (χ2v) is 10.1. The predicted octanol–water partition coefficient (Wildman–Crippen LogP) is 5.75. The molecule has 0 radical (unpaired) electrons. The van der Waals surface area contributed by atoms with Gasteiger partial charge in [0.05, 0.1) is 13.2 Å². The Bertz CT molecular complexity index is 987. The van der Waals surface area contributed by atoms with E-state index in [1.807, 2.05) is 12.1 Å². The lowest BCUT2D eigenvalue weighted by Gasteiger charge is -2.35. The fourth-order valence-electron chi connectivity index (χ4n) is 5.30. The number of hydrogen-bond donors (Lipinski definition) is 1. The van der Waals surface area contributed by atoms with Crippen molar-refractivity contribution < 1.29 is 14.2 Å². The molecule has 1 aliphatic carbocycles. The number of piperidine rings is 1. The average molecular weight is 440 g/mol. The van der Waals surface area contributed by atoms with Crippen LogP contribution >= 0.6 is 11.8 Å². The second-order valence-electron chi connectivity index (χ2n) is 9.06. The standard InChI is InChI=1S/C26H30FNO2S/c1-30-21-7-9-24-23(15-21)26(22-8-4-19(27)14-25(22)31-24)18-10-12-28(13-11-18)16-17-2-5-20(29)6-3-17/h4,7-9,14-15,17,20,29H,2-3,5-6,10-13,16H2,1H3/t17-,20-. The van der Waals surface area contributed by atoms with Crippen molar-refractivity contribution in [2.24, 2.45) is 5.92 Å². The summed E-state index contributed by atoms with van der Waals surface area (Å²) in [7, 11) is 1.70. The molecule has 2 aromatic rings. The number of ether oxygens (including phenoxy) is 1. The summed E-state index contributed by atoms with van der Waals surface area (Å²) in [6.45, 7) is 3.29. The third kappa shape index (κ3) is 4.41. The molecule has 31 heavy (non-hydrogen) atoms. The lowest BCUT2D eigenvalue weighted by Crippen LogP contribution is -2.36. The Morgan fingerprint density at radius 2 is 1.77 bits per heavy atom. The van der Waals surface area contributed by atoms with Crippen molar-refractivity contribution in [3.8, 4) is 5.75 Å². The van der Waals surface area contributed by atoms with E-state index in [1.54, 1.807) is 31.0 Å². The van der Waals surface area contributed by atoms with Crippen LogP contribution in [-0.2, 0) is 0 Å². The van der Waals surface area contributed by atoms with E-state index < -0.39 is 0 Å². The lowest BCUT2D eigenvalue weighted by atomic mass is 9.85. The van der Waals surface area contributed by atoms with E-state index in [2.05, 4.69) is 17.0 Å². The van der Waals surface area contributed by atoms with Crippen LogP contribution in [0.15, 0.2) is 51.8 Å². The molecule has 2 aliphatic heterocycles. The second kappa shape index (κ2) is 8.97. The molecule has 0 unspecified atom stereocenters. The van der Waals surface area contributed by atoms with Crippen LogP contribution < -0.4 is 4.74 Å². The van der Waals surface area contributed by atoms with Crippen LogP contribution in [0.2, 0.25) is 0 Å². The Morgan fingerprint density at radius 3 is 2.52 bits per heavy atom. The lowest BCUT2D eigenvalue weighted by molar-refractivity contribution is 0.0923. The fourth-order valence-corrected chi connectivity index (χ4v) is 6.40. The van der Waals surface area contributed by atoms with Gasteiger partial charge in [-0.25, -0.2) is 4.39 Å². The third-order valence-corrected chi connectivity index (χ3v) is 8.17. The van der Waals surface area contributed by atoms with Crippen LogP contribution in [0.25, 0.3) is 5.57 Å². The van der Waals surface area contributed by atoms with E-state index in [0.717, 1.165) is 80.3 Å². The first-order valence-corrected chi connectivity index (χ1v) is 12.2. The number of nitrogens with zero attached hydrogens (tertiary/aromatic N) is 1. The number of benzene rings is 2. The van der Waals surface area contributed by atoms with E-state index in [1.165, 1.54) is 21.6 Å². The van der Waals surface area contributed by atoms with Crippen molar-refractivity contribution >= 4 is 17.3 Å². The molecular formula is C26H30FNO2S. The van der Waals surface area contributed by atoms with Crippen molar-refractivity contribution in [3.05, 3.63) is 58.9 Å². The van der Waals surface area contributed by atoms with Crippen LogP contribution in [0, 0.1) is 11.7 Å². The normalized spacial score (nSPS) is 24.0. The van der Waals surface area contributed by atoms with Crippen molar-refractivity contribution in [1.82, 2.24) is 4.90 Å². The van der Waals surface area contributed by atoms with Crippen LogP contribution in [-0.4, -0.2) is 42.9 Å². The molecule has 0 bridgehead atoms. The molecule has 2 heterocycles. The first-order chi connectivity index (χ1) is 15.1. The van der Waals surface area contributed by atoms with Gasteiger partial charge in [0.25, 0.3) is 0 Å². The highest BCUT2D eigenvalue weighted by atomic mass is 32.2. The van der Waals surface area contributed by atoms with Crippen molar-refractivity contribution in [3.63, 3.8) is 0 Å². The summed E-state index contributed by atoms with van der Waals surface area (Å²) in [5.41, 5.74) is 5.12. The maximum atomic E-state index is 14.0. The average Bonchev–Trinajstić information content (AvgIpc) is 2.79. The van der Waals surface area contributed by atoms with Gasteiger partial charge < -0.3 is 14.7 Å². The molecule has 2 aromatic carbocycles. The van der Waals surface area contributed by atoms with Gasteiger partial charge in [-0.2, -0.15) is 0 Å². The van der Waals surface area contributed by atoms with E-state index in [9.17, 15) is 9.50 Å². The summed E-state index contributed by atoms with van der Waals surface area (Å²) < 4.78 is 19.5. The Balaban J connectivity index is 1.41. The molecule has 0 amide bonds. The number of aliphatic hydroxyl groups is 1. The maximum Gasteiger partial charge on any atom is 0.124 e. The highest BCUT2D eigenvalue weighted by molar-refractivity contribution is 7.99. The number of halogens is 1. The van der Waals surface area contributed by atoms with Gasteiger partial charge in [-0.15, -0.1) is 0 Å². The van der Waals surface area contributed by atoms with Gasteiger partial charge in [0, 0.05) is 29.4 Å². The summed E-state index contributed by atoms with van der Waals surface area (Å²) in [6.07, 6.45) is 6.21. The summed E-state index contributed by atoms with van der Waals surface area (Å²) >= 11 is 1.65. The number of fused-ring (bicyclic) bond motifs is 2. The zero-order chi connectivity index (χ0) is 21.4. The highest BCUT2D eigenvalue weighted by Crippen LogP contribution is 2.49. The summed E-state index contributed by atoms with van der Waals surface area (Å²) in [5, 5.41) is 9.77. The van der Waals surface area contributed by atoms with Crippen molar-refractivity contribution in [2.75, 3.05) is 26.7 Å². The zero-order valence-electron chi connectivity index (χ0n) is 18.1. The quantitative estimate of drug-likeness (QED) is 0.563. The molecule has 1 N–H and O–H groups in total. The van der Waals surface area contributed by atoms with Crippen molar-refractivity contribution in [1.29, 1.82) is 0 Å². The smallest absolute Gasteiger partial charge is 0.124 e. The topological polar surface area (TPSA) is 32.7 Å². The summed E-state index contributed by atoms with van der Waals surface area (Å²) in [5.74, 6) is 1.40. The van der Waals surface area contributed by atoms with Crippen LogP contribution in [0.1, 0.15) is 49.7 Å². The predicted molar refractivity (Wildman–Crippen MR) is 123 cm³/mol. The van der Waals surface area contributed by atoms with Gasteiger partial charge in [0.2, 0.25) is 0 Å². The minimum absolute atomic E-state index is 0.0833. The SMILES string of the molecule is COc1ccc2c(c1)C(=C1CCN(C[C@H]3CC[C@H](O)CC3)CC1)c1ccc(F)cc1S2. The minimum atomic E-state index is -0.181. The molecule has 5 rings (SSSR count). The largest absolute Gasteiger partial charge is 0.497 e. The van der Waals surface area contributed by atoms with E-state index in [4.69, 9.17) is 4.74 Å². The molecule has 3 aliphatic rings. The fraction of sp³-hybridized carbons (Fsp3) is 0.462. The van der Waals surface area contributed by atoms with Gasteiger partial charge >= 0.3 is 0 Å². The van der Waals surface area contributed by atoms with Gasteiger partial charge in [0.15, 0.2) is 0 Å². The Hall–Kier alpha value is -1.82. The third-order valence-electron chi connectivity index (χ3n) is 7.03. The maximum absolute atomic E-state index is 14.0. The number of rotatable bonds is 3. The molecule has 164 valence electrons. The van der Waals surface area contributed by atoms with E-state index in [-0.39, 0.29) is 11.9 Å². The monoisotopic (exact) mass is 439 g/mol. The Labute approximate surface area is 188 Å². The van der Waals surface area contributed by atoms with Crippen molar-refractivity contribution in [2.45, 2.75) is 54.4 Å². The van der Waals surface area contributed by atoms with Crippen LogP contribution in [0.3, 0.4) is 0 Å². The molecule has 0 spiro atoms. The number of aliphatic hydroxyl groups excluding tert-OH is 1. The Morgan fingerprint density at radius 1 is 1.00 bits per heavy atom. The molecule has 2 fully saturated rings. The van der Waals surface area contributed by atoms with Crippen LogP contribution in [0.4, 0.5) is 4.39 Å². The molecule has 1 saturated carbocycles. The molecular weight excluding hydrogens is 409 g/mol. The number of likely N-dealkylation sites (tertiary alicyclic amines) is 1. The van der Waals surface area contributed by atoms with Gasteiger partial charge in [0.1, 0.15) is 11.6 Å². The number of hydrogen-bond acceptors (Lipinski definition) is 4. The number of methoxy groups -OCH3 is 1. The van der Waals surface area contributed by atoms with E-state index in [0.29, 0.717) is 0 Å². The minimum Gasteiger partial charge on any atom is -0.497 e. The molecule has 3 nitrogen and oxygen atoms in total.